The lowest BCUT2D eigenvalue weighted by Crippen LogP contribution is -2.43. The number of rotatable bonds is 6. The van der Waals surface area contributed by atoms with E-state index in [2.05, 4.69) is 59.3 Å². The second kappa shape index (κ2) is 9.43. The highest BCUT2D eigenvalue weighted by atomic mass is 16.5. The topological polar surface area (TPSA) is 71.3 Å². The minimum atomic E-state index is -0.0292. The molecule has 3 aromatic rings. The number of likely N-dealkylation sites (tertiary alicyclic amines) is 1. The van der Waals surface area contributed by atoms with E-state index in [4.69, 9.17) is 4.52 Å². The molecule has 2 aromatic carbocycles. The molecule has 1 aliphatic heterocycles. The smallest absolute Gasteiger partial charge is 0.241 e. The molecule has 31 heavy (non-hydrogen) atoms. The first-order chi connectivity index (χ1) is 15.0. The molecule has 1 aromatic heterocycles. The number of carbonyl (C=O) groups excluding carboxylic acids is 1. The Bertz CT molecular complexity index is 1030. The van der Waals surface area contributed by atoms with Crippen molar-refractivity contribution in [1.82, 2.24) is 20.4 Å². The predicted molar refractivity (Wildman–Crippen MR) is 120 cm³/mol. The van der Waals surface area contributed by atoms with Gasteiger partial charge in [-0.25, -0.2) is 0 Å². The zero-order valence-corrected chi connectivity index (χ0v) is 18.5. The number of benzene rings is 2. The fourth-order valence-electron chi connectivity index (χ4n) is 4.35. The van der Waals surface area contributed by atoms with E-state index in [1.54, 1.807) is 0 Å². The van der Waals surface area contributed by atoms with Crippen LogP contribution in [0.2, 0.25) is 0 Å². The molecule has 0 aliphatic carbocycles. The maximum Gasteiger partial charge on any atom is 0.241 e. The second-order valence-electron chi connectivity index (χ2n) is 8.54. The minimum Gasteiger partial charge on any atom is -0.349 e. The third-order valence-corrected chi connectivity index (χ3v) is 5.99. The summed E-state index contributed by atoms with van der Waals surface area (Å²) in [7, 11) is 0. The number of nitrogens with zero attached hydrogens (tertiary/aromatic N) is 3. The van der Waals surface area contributed by atoms with Crippen LogP contribution in [-0.2, 0) is 11.3 Å². The van der Waals surface area contributed by atoms with Crippen LogP contribution in [0.1, 0.15) is 48.4 Å². The monoisotopic (exact) mass is 418 g/mol. The normalized spacial score (nSPS) is 18.0. The van der Waals surface area contributed by atoms with Crippen LogP contribution in [0.4, 0.5) is 0 Å². The van der Waals surface area contributed by atoms with Gasteiger partial charge in [-0.3, -0.25) is 9.69 Å². The molecule has 1 N–H and O–H groups in total. The molecule has 0 saturated carbocycles. The number of hydrogen-bond acceptors (Lipinski definition) is 5. The highest BCUT2D eigenvalue weighted by Gasteiger charge is 2.28. The summed E-state index contributed by atoms with van der Waals surface area (Å²) in [6.45, 7) is 8.44. The van der Waals surface area contributed by atoms with Crippen LogP contribution in [0.15, 0.2) is 53.1 Å². The summed E-state index contributed by atoms with van der Waals surface area (Å²) in [5, 5.41) is 7.32. The Labute approximate surface area is 183 Å². The Morgan fingerprint density at radius 3 is 2.81 bits per heavy atom. The molecular formula is C25H30N4O2. The van der Waals surface area contributed by atoms with Crippen LogP contribution < -0.4 is 5.32 Å². The van der Waals surface area contributed by atoms with Crippen LogP contribution in [0.25, 0.3) is 11.4 Å². The van der Waals surface area contributed by atoms with Crippen molar-refractivity contribution >= 4 is 5.91 Å². The van der Waals surface area contributed by atoms with E-state index in [9.17, 15) is 4.79 Å². The third-order valence-electron chi connectivity index (χ3n) is 5.99. The van der Waals surface area contributed by atoms with E-state index >= 15 is 0 Å². The SMILES string of the molecule is Cc1ccc(C(C)NC(=O)C2CCCN(Cc3nc(-c4ccccc4)no3)C2)c(C)c1. The molecule has 6 nitrogen and oxygen atoms in total. The summed E-state index contributed by atoms with van der Waals surface area (Å²) in [5.74, 6) is 1.28. The zero-order valence-electron chi connectivity index (χ0n) is 18.5. The fraction of sp³-hybridized carbons (Fsp3) is 0.400. The van der Waals surface area contributed by atoms with Crippen molar-refractivity contribution in [2.75, 3.05) is 13.1 Å². The molecule has 2 atom stereocenters. The summed E-state index contributed by atoms with van der Waals surface area (Å²) >= 11 is 0. The lowest BCUT2D eigenvalue weighted by molar-refractivity contribution is -0.127. The van der Waals surface area contributed by atoms with Crippen molar-refractivity contribution in [1.29, 1.82) is 0 Å². The first kappa shape index (κ1) is 21.2. The Balaban J connectivity index is 1.35. The summed E-state index contributed by atoms with van der Waals surface area (Å²) in [6, 6.07) is 16.2. The van der Waals surface area contributed by atoms with Gasteiger partial charge in [0.1, 0.15) is 0 Å². The zero-order chi connectivity index (χ0) is 21.8. The molecule has 0 bridgehead atoms. The molecule has 0 radical (unpaired) electrons. The molecule has 6 heteroatoms. The van der Waals surface area contributed by atoms with Gasteiger partial charge >= 0.3 is 0 Å². The number of hydrogen-bond donors (Lipinski definition) is 1. The summed E-state index contributed by atoms with van der Waals surface area (Å²) in [6.07, 6.45) is 1.89. The van der Waals surface area contributed by atoms with Gasteiger partial charge in [-0.1, -0.05) is 59.3 Å². The van der Waals surface area contributed by atoms with Gasteiger partial charge in [-0.05, 0) is 51.3 Å². The quantitative estimate of drug-likeness (QED) is 0.641. The van der Waals surface area contributed by atoms with Crippen molar-refractivity contribution in [2.45, 2.75) is 46.2 Å². The number of piperidine rings is 1. The highest BCUT2D eigenvalue weighted by molar-refractivity contribution is 5.79. The number of aromatic nitrogens is 2. The maximum absolute atomic E-state index is 13.0. The van der Waals surface area contributed by atoms with E-state index in [-0.39, 0.29) is 17.9 Å². The number of amides is 1. The molecule has 2 unspecified atom stereocenters. The molecule has 1 aliphatic rings. The van der Waals surface area contributed by atoms with Crippen molar-refractivity contribution in [3.05, 3.63) is 71.1 Å². The Morgan fingerprint density at radius 2 is 2.03 bits per heavy atom. The van der Waals surface area contributed by atoms with Gasteiger partial charge in [-0.15, -0.1) is 0 Å². The molecule has 162 valence electrons. The number of aryl methyl sites for hydroxylation is 2. The predicted octanol–water partition coefficient (Wildman–Crippen LogP) is 4.44. The minimum absolute atomic E-state index is 0.00662. The first-order valence-corrected chi connectivity index (χ1v) is 11.0. The van der Waals surface area contributed by atoms with Crippen LogP contribution in [0, 0.1) is 19.8 Å². The maximum atomic E-state index is 13.0. The largest absolute Gasteiger partial charge is 0.349 e. The molecule has 2 heterocycles. The molecule has 1 saturated heterocycles. The van der Waals surface area contributed by atoms with E-state index in [0.29, 0.717) is 24.8 Å². The van der Waals surface area contributed by atoms with Gasteiger partial charge in [0.25, 0.3) is 0 Å². The standard InChI is InChI=1S/C25H30N4O2/c1-17-11-12-22(18(2)14-17)19(3)26-25(30)21-10-7-13-29(15-21)16-23-27-24(28-31-23)20-8-5-4-6-9-20/h4-6,8-9,11-12,14,19,21H,7,10,13,15-16H2,1-3H3,(H,26,30). The number of carbonyl (C=O) groups is 1. The van der Waals surface area contributed by atoms with Gasteiger partial charge in [-0.2, -0.15) is 4.98 Å². The van der Waals surface area contributed by atoms with Crippen LogP contribution in [-0.4, -0.2) is 34.0 Å². The van der Waals surface area contributed by atoms with E-state index < -0.39 is 0 Å². The van der Waals surface area contributed by atoms with Gasteiger partial charge in [0, 0.05) is 12.1 Å². The Hall–Kier alpha value is -2.99. The van der Waals surface area contributed by atoms with Crippen LogP contribution in [0.5, 0.6) is 0 Å². The first-order valence-electron chi connectivity index (χ1n) is 11.0. The summed E-state index contributed by atoms with van der Waals surface area (Å²) in [4.78, 5) is 19.7. The van der Waals surface area contributed by atoms with Crippen LogP contribution in [0.3, 0.4) is 0 Å². The van der Waals surface area contributed by atoms with Gasteiger partial charge in [0.2, 0.25) is 17.6 Å². The van der Waals surface area contributed by atoms with Gasteiger partial charge in [0.15, 0.2) is 0 Å². The summed E-state index contributed by atoms with van der Waals surface area (Å²) < 4.78 is 5.46. The van der Waals surface area contributed by atoms with Gasteiger partial charge < -0.3 is 9.84 Å². The average molecular weight is 419 g/mol. The molecule has 1 fully saturated rings. The lowest BCUT2D eigenvalue weighted by Gasteiger charge is -2.31. The molecular weight excluding hydrogens is 388 g/mol. The van der Waals surface area contributed by atoms with Crippen molar-refractivity contribution in [3.63, 3.8) is 0 Å². The molecule has 1 amide bonds. The second-order valence-corrected chi connectivity index (χ2v) is 8.54. The lowest BCUT2D eigenvalue weighted by atomic mass is 9.95. The van der Waals surface area contributed by atoms with E-state index in [0.717, 1.165) is 24.9 Å². The number of nitrogens with one attached hydrogen (secondary N) is 1. The van der Waals surface area contributed by atoms with Crippen molar-refractivity contribution < 1.29 is 9.32 Å². The molecule has 4 rings (SSSR count). The van der Waals surface area contributed by atoms with Crippen LogP contribution >= 0.6 is 0 Å². The van der Waals surface area contributed by atoms with Crippen molar-refractivity contribution in [3.8, 4) is 11.4 Å². The van der Waals surface area contributed by atoms with Gasteiger partial charge in [0.05, 0.1) is 18.5 Å². The fourth-order valence-corrected chi connectivity index (χ4v) is 4.35. The highest BCUT2D eigenvalue weighted by Crippen LogP contribution is 2.23. The molecule has 0 spiro atoms. The van der Waals surface area contributed by atoms with E-state index in [1.165, 1.54) is 16.7 Å². The average Bonchev–Trinajstić information content (AvgIpc) is 3.23. The third kappa shape index (κ3) is 5.20. The summed E-state index contributed by atoms with van der Waals surface area (Å²) in [5.41, 5.74) is 4.56. The Morgan fingerprint density at radius 1 is 1.23 bits per heavy atom. The van der Waals surface area contributed by atoms with E-state index in [1.807, 2.05) is 30.3 Å². The Kier molecular flexibility index (Phi) is 6.47. The van der Waals surface area contributed by atoms with Crippen molar-refractivity contribution in [2.24, 2.45) is 5.92 Å².